The maximum Gasteiger partial charge on any atom is 0.315 e. The monoisotopic (exact) mass is 197 g/mol. The van der Waals surface area contributed by atoms with Crippen molar-refractivity contribution in [3.63, 3.8) is 0 Å². The third-order valence-electron chi connectivity index (χ3n) is 2.15. The number of urea groups is 1. The first-order valence-electron chi connectivity index (χ1n) is 4.16. The smallest absolute Gasteiger partial charge is 0.315 e. The number of carbonyl (C=O) groups excluding carboxylic acids is 1. The average Bonchev–Trinajstić information content (AvgIpc) is 2.42. The first kappa shape index (κ1) is 8.50. The van der Waals surface area contributed by atoms with Gasteiger partial charge in [-0.2, -0.15) is 0 Å². The predicted molar refractivity (Wildman–Crippen MR) is 50.5 cm³/mol. The van der Waals surface area contributed by atoms with Gasteiger partial charge in [-0.1, -0.05) is 0 Å². The van der Waals surface area contributed by atoms with Crippen LogP contribution in [0.2, 0.25) is 0 Å². The molecule has 13 heavy (non-hydrogen) atoms. The van der Waals surface area contributed by atoms with Crippen molar-refractivity contribution in [3.05, 3.63) is 15.6 Å². The van der Waals surface area contributed by atoms with Crippen molar-refractivity contribution in [1.82, 2.24) is 9.88 Å². The van der Waals surface area contributed by atoms with Gasteiger partial charge in [-0.3, -0.25) is 0 Å². The standard InChI is InChI=1S/C8H11N3OS/c1-5-10-6-2-3-11(8(9)12)4-7(6)13-5/h2-4H2,1H3,(H2,9,12). The number of thiazole rings is 1. The maximum atomic E-state index is 10.9. The summed E-state index contributed by atoms with van der Waals surface area (Å²) in [5.74, 6) is 0. The molecule has 0 aromatic carbocycles. The van der Waals surface area contributed by atoms with Crippen LogP contribution in [0.4, 0.5) is 4.79 Å². The van der Waals surface area contributed by atoms with Crippen LogP contribution in [0, 0.1) is 6.92 Å². The fourth-order valence-electron chi connectivity index (χ4n) is 1.51. The lowest BCUT2D eigenvalue weighted by Gasteiger charge is -2.23. The fraction of sp³-hybridized carbons (Fsp3) is 0.500. The number of hydrogen-bond acceptors (Lipinski definition) is 3. The molecule has 0 saturated carbocycles. The number of carbonyl (C=O) groups is 1. The Morgan fingerprint density at radius 3 is 3.15 bits per heavy atom. The highest BCUT2D eigenvalue weighted by Gasteiger charge is 2.21. The van der Waals surface area contributed by atoms with Gasteiger partial charge in [0.15, 0.2) is 0 Å². The summed E-state index contributed by atoms with van der Waals surface area (Å²) in [5.41, 5.74) is 6.34. The first-order chi connectivity index (χ1) is 6.16. The highest BCUT2D eigenvalue weighted by atomic mass is 32.1. The van der Waals surface area contributed by atoms with Crippen molar-refractivity contribution in [2.45, 2.75) is 19.9 Å². The number of aryl methyl sites for hydroxylation is 1. The van der Waals surface area contributed by atoms with E-state index in [4.69, 9.17) is 5.73 Å². The van der Waals surface area contributed by atoms with E-state index in [0.717, 1.165) is 17.1 Å². The molecule has 4 nitrogen and oxygen atoms in total. The zero-order chi connectivity index (χ0) is 9.42. The SMILES string of the molecule is Cc1nc2c(s1)CN(C(N)=O)CC2. The fourth-order valence-corrected chi connectivity index (χ4v) is 2.51. The third-order valence-corrected chi connectivity index (χ3v) is 3.15. The van der Waals surface area contributed by atoms with Crippen molar-refractivity contribution >= 4 is 17.4 Å². The average molecular weight is 197 g/mol. The van der Waals surface area contributed by atoms with Crippen molar-refractivity contribution in [1.29, 1.82) is 0 Å². The summed E-state index contributed by atoms with van der Waals surface area (Å²) in [5, 5.41) is 1.07. The van der Waals surface area contributed by atoms with Gasteiger partial charge in [0.2, 0.25) is 0 Å². The molecule has 1 aromatic rings. The van der Waals surface area contributed by atoms with E-state index in [1.807, 2.05) is 6.92 Å². The van der Waals surface area contributed by atoms with Crippen LogP contribution in [0.1, 0.15) is 15.6 Å². The quantitative estimate of drug-likeness (QED) is 0.671. The van der Waals surface area contributed by atoms with Gasteiger partial charge in [-0.15, -0.1) is 11.3 Å². The Bertz CT molecular complexity index is 347. The lowest BCUT2D eigenvalue weighted by Crippen LogP contribution is -2.39. The van der Waals surface area contributed by atoms with Gasteiger partial charge < -0.3 is 10.6 Å². The maximum absolute atomic E-state index is 10.9. The summed E-state index contributed by atoms with van der Waals surface area (Å²) >= 11 is 1.65. The number of hydrogen-bond donors (Lipinski definition) is 1. The summed E-state index contributed by atoms with van der Waals surface area (Å²) in [6.45, 7) is 3.32. The van der Waals surface area contributed by atoms with Crippen molar-refractivity contribution in [2.24, 2.45) is 5.73 Å². The van der Waals surface area contributed by atoms with Gasteiger partial charge in [-0.25, -0.2) is 9.78 Å². The van der Waals surface area contributed by atoms with Crippen molar-refractivity contribution in [2.75, 3.05) is 6.54 Å². The van der Waals surface area contributed by atoms with Gasteiger partial charge >= 0.3 is 6.03 Å². The first-order valence-corrected chi connectivity index (χ1v) is 4.98. The minimum absolute atomic E-state index is 0.336. The molecule has 0 radical (unpaired) electrons. The molecule has 1 aliphatic rings. The normalized spacial score (nSPS) is 15.6. The minimum atomic E-state index is -0.336. The number of amides is 2. The Hall–Kier alpha value is -1.10. The van der Waals surface area contributed by atoms with Crippen LogP contribution in [0.15, 0.2) is 0 Å². The van der Waals surface area contributed by atoms with Crippen LogP contribution in [-0.2, 0) is 13.0 Å². The Morgan fingerprint density at radius 1 is 1.69 bits per heavy atom. The summed E-state index contributed by atoms with van der Waals surface area (Å²) < 4.78 is 0. The largest absolute Gasteiger partial charge is 0.351 e. The molecular weight excluding hydrogens is 186 g/mol. The molecule has 0 fully saturated rings. The van der Waals surface area contributed by atoms with Crippen molar-refractivity contribution in [3.8, 4) is 0 Å². The van der Waals surface area contributed by atoms with Crippen molar-refractivity contribution < 1.29 is 4.79 Å². The van der Waals surface area contributed by atoms with E-state index >= 15 is 0 Å². The molecule has 0 bridgehead atoms. The van der Waals surface area contributed by atoms with Crippen LogP contribution in [0.25, 0.3) is 0 Å². The highest BCUT2D eigenvalue weighted by Crippen LogP contribution is 2.24. The topological polar surface area (TPSA) is 59.2 Å². The Labute approximate surface area is 80.4 Å². The molecular formula is C8H11N3OS. The van der Waals surface area contributed by atoms with E-state index in [9.17, 15) is 4.79 Å². The van der Waals surface area contributed by atoms with E-state index in [2.05, 4.69) is 4.98 Å². The zero-order valence-electron chi connectivity index (χ0n) is 7.41. The number of primary amides is 1. The lowest BCUT2D eigenvalue weighted by atomic mass is 10.2. The second-order valence-electron chi connectivity index (χ2n) is 3.11. The number of fused-ring (bicyclic) bond motifs is 1. The van der Waals surface area contributed by atoms with Gasteiger partial charge in [0.25, 0.3) is 0 Å². The Kier molecular flexibility index (Phi) is 1.95. The molecule has 0 aliphatic carbocycles. The molecule has 2 rings (SSSR count). The van der Waals surface area contributed by atoms with E-state index in [1.54, 1.807) is 16.2 Å². The number of nitrogens with two attached hydrogens (primary N) is 1. The number of aromatic nitrogens is 1. The lowest BCUT2D eigenvalue weighted by molar-refractivity contribution is 0.202. The van der Waals surface area contributed by atoms with Crippen LogP contribution in [0.5, 0.6) is 0 Å². The van der Waals surface area contributed by atoms with Gasteiger partial charge in [0, 0.05) is 17.8 Å². The molecule has 5 heteroatoms. The highest BCUT2D eigenvalue weighted by molar-refractivity contribution is 7.11. The number of rotatable bonds is 0. The summed E-state index contributed by atoms with van der Waals surface area (Å²) in [6, 6.07) is -0.336. The molecule has 70 valence electrons. The summed E-state index contributed by atoms with van der Waals surface area (Å²) in [6.07, 6.45) is 0.836. The zero-order valence-corrected chi connectivity index (χ0v) is 8.23. The van der Waals surface area contributed by atoms with Crippen LogP contribution >= 0.6 is 11.3 Å². The molecule has 2 amide bonds. The molecule has 2 heterocycles. The second kappa shape index (κ2) is 2.99. The van der Waals surface area contributed by atoms with E-state index in [-0.39, 0.29) is 6.03 Å². The molecule has 0 atom stereocenters. The van der Waals surface area contributed by atoms with Gasteiger partial charge in [0.1, 0.15) is 0 Å². The van der Waals surface area contributed by atoms with Crippen LogP contribution in [-0.4, -0.2) is 22.5 Å². The third kappa shape index (κ3) is 1.51. The molecule has 2 N–H and O–H groups in total. The second-order valence-corrected chi connectivity index (χ2v) is 4.40. The summed E-state index contributed by atoms with van der Waals surface area (Å²) in [4.78, 5) is 18.1. The van der Waals surface area contributed by atoms with E-state index in [1.165, 1.54) is 4.88 Å². The van der Waals surface area contributed by atoms with E-state index < -0.39 is 0 Å². The minimum Gasteiger partial charge on any atom is -0.351 e. The molecule has 0 spiro atoms. The van der Waals surface area contributed by atoms with Crippen LogP contribution in [0.3, 0.4) is 0 Å². The molecule has 0 unspecified atom stereocenters. The molecule has 0 saturated heterocycles. The van der Waals surface area contributed by atoms with E-state index in [0.29, 0.717) is 13.1 Å². The number of nitrogens with zero attached hydrogens (tertiary/aromatic N) is 2. The van der Waals surface area contributed by atoms with Gasteiger partial charge in [0.05, 0.1) is 17.2 Å². The summed E-state index contributed by atoms with van der Waals surface area (Å²) in [7, 11) is 0. The molecule has 1 aromatic heterocycles. The Morgan fingerprint density at radius 2 is 2.46 bits per heavy atom. The van der Waals surface area contributed by atoms with Crippen LogP contribution < -0.4 is 5.73 Å². The Balaban J connectivity index is 2.24. The molecule has 1 aliphatic heterocycles. The van der Waals surface area contributed by atoms with Gasteiger partial charge in [-0.05, 0) is 6.92 Å². The predicted octanol–water partition coefficient (Wildman–Crippen LogP) is 0.888.